The van der Waals surface area contributed by atoms with Crippen LogP contribution >= 0.6 is 11.6 Å². The van der Waals surface area contributed by atoms with E-state index < -0.39 is 0 Å². The molecule has 0 bridgehead atoms. The fraction of sp³-hybridized carbons (Fsp3) is 0.0714. The van der Waals surface area contributed by atoms with Crippen LogP contribution in [0.5, 0.6) is 5.75 Å². The molecule has 1 N–H and O–H groups in total. The Hall–Kier alpha value is -2.00. The summed E-state index contributed by atoms with van der Waals surface area (Å²) in [5.41, 5.74) is 1.81. The van der Waals surface area contributed by atoms with Gasteiger partial charge in [0.2, 0.25) is 0 Å². The molecule has 0 spiro atoms. The number of pyridine rings is 1. The van der Waals surface area contributed by atoms with E-state index in [2.05, 4.69) is 4.98 Å². The standard InChI is InChI=1S/C14H11ClN2O/c15-11-4-1-3-10(7-11)8-14-16-9-12-13(18)5-2-6-17(12)14/h1-7,9,18H,8H2. The first kappa shape index (κ1) is 11.1. The Bertz CT molecular complexity index is 706. The molecule has 0 aliphatic carbocycles. The molecular formula is C14H11ClN2O. The van der Waals surface area contributed by atoms with Crippen molar-refractivity contribution in [1.82, 2.24) is 9.38 Å². The Balaban J connectivity index is 2.03. The van der Waals surface area contributed by atoms with Gasteiger partial charge in [-0.25, -0.2) is 4.98 Å². The first-order valence-corrected chi connectivity index (χ1v) is 6.00. The second-order valence-electron chi connectivity index (χ2n) is 4.13. The van der Waals surface area contributed by atoms with Crippen LogP contribution in [0.15, 0.2) is 48.8 Å². The second kappa shape index (κ2) is 4.35. The summed E-state index contributed by atoms with van der Waals surface area (Å²) in [6.45, 7) is 0. The summed E-state index contributed by atoms with van der Waals surface area (Å²) in [6.07, 6.45) is 4.25. The van der Waals surface area contributed by atoms with Crippen LogP contribution in [-0.4, -0.2) is 14.5 Å². The number of hydrogen-bond acceptors (Lipinski definition) is 2. The van der Waals surface area contributed by atoms with Gasteiger partial charge < -0.3 is 9.51 Å². The zero-order valence-corrected chi connectivity index (χ0v) is 10.3. The van der Waals surface area contributed by atoms with Gasteiger partial charge in [0.1, 0.15) is 17.1 Å². The summed E-state index contributed by atoms with van der Waals surface area (Å²) in [4.78, 5) is 4.34. The number of rotatable bonds is 2. The molecule has 3 rings (SSSR count). The van der Waals surface area contributed by atoms with Crippen LogP contribution in [0, 0.1) is 0 Å². The minimum Gasteiger partial charge on any atom is -0.506 e. The molecule has 0 aliphatic rings. The molecule has 0 amide bonds. The number of benzene rings is 1. The molecule has 0 radical (unpaired) electrons. The molecule has 4 heteroatoms. The summed E-state index contributed by atoms with van der Waals surface area (Å²) >= 11 is 5.96. The summed E-state index contributed by atoms with van der Waals surface area (Å²) < 4.78 is 1.89. The van der Waals surface area contributed by atoms with Gasteiger partial charge in [-0.1, -0.05) is 23.7 Å². The van der Waals surface area contributed by atoms with E-state index in [1.165, 1.54) is 0 Å². The third kappa shape index (κ3) is 1.93. The third-order valence-corrected chi connectivity index (χ3v) is 3.11. The molecule has 0 fully saturated rings. The number of halogens is 1. The van der Waals surface area contributed by atoms with Crippen molar-refractivity contribution in [2.45, 2.75) is 6.42 Å². The lowest BCUT2D eigenvalue weighted by molar-refractivity contribution is 0.479. The fourth-order valence-electron chi connectivity index (χ4n) is 2.02. The summed E-state index contributed by atoms with van der Waals surface area (Å²) in [5.74, 6) is 1.12. The van der Waals surface area contributed by atoms with E-state index >= 15 is 0 Å². The highest BCUT2D eigenvalue weighted by molar-refractivity contribution is 6.30. The summed E-state index contributed by atoms with van der Waals surface area (Å²) in [5, 5.41) is 10.4. The van der Waals surface area contributed by atoms with E-state index in [0.29, 0.717) is 6.42 Å². The highest BCUT2D eigenvalue weighted by atomic mass is 35.5. The van der Waals surface area contributed by atoms with E-state index in [-0.39, 0.29) is 5.75 Å². The molecule has 2 aromatic heterocycles. The van der Waals surface area contributed by atoms with Crippen LogP contribution in [0.1, 0.15) is 11.4 Å². The van der Waals surface area contributed by atoms with E-state index in [4.69, 9.17) is 11.6 Å². The molecule has 1 aromatic carbocycles. The average Bonchev–Trinajstić information content (AvgIpc) is 2.74. The highest BCUT2D eigenvalue weighted by Crippen LogP contribution is 2.20. The lowest BCUT2D eigenvalue weighted by atomic mass is 10.1. The molecule has 0 aliphatic heterocycles. The van der Waals surface area contributed by atoms with Crippen molar-refractivity contribution in [2.24, 2.45) is 0 Å². The third-order valence-electron chi connectivity index (χ3n) is 2.88. The number of imidazole rings is 1. The average molecular weight is 259 g/mol. The van der Waals surface area contributed by atoms with Gasteiger partial charge in [-0.05, 0) is 29.8 Å². The van der Waals surface area contributed by atoms with Crippen molar-refractivity contribution in [3.05, 3.63) is 65.2 Å². The van der Waals surface area contributed by atoms with Crippen LogP contribution < -0.4 is 0 Å². The minimum atomic E-state index is 0.238. The SMILES string of the molecule is Oc1cccn2c(Cc3cccc(Cl)c3)ncc12. The quantitative estimate of drug-likeness (QED) is 0.766. The van der Waals surface area contributed by atoms with E-state index in [1.54, 1.807) is 18.3 Å². The molecule has 3 nitrogen and oxygen atoms in total. The molecule has 0 unspecified atom stereocenters. The smallest absolute Gasteiger partial charge is 0.141 e. The number of nitrogens with zero attached hydrogens (tertiary/aromatic N) is 2. The van der Waals surface area contributed by atoms with Gasteiger partial charge in [0.05, 0.1) is 6.20 Å². The fourth-order valence-corrected chi connectivity index (χ4v) is 2.23. The normalized spacial score (nSPS) is 10.9. The van der Waals surface area contributed by atoms with Crippen molar-refractivity contribution in [3.63, 3.8) is 0 Å². The Morgan fingerprint density at radius 2 is 2.11 bits per heavy atom. The largest absolute Gasteiger partial charge is 0.506 e. The van der Waals surface area contributed by atoms with Crippen LogP contribution in [-0.2, 0) is 6.42 Å². The van der Waals surface area contributed by atoms with Crippen LogP contribution in [0.3, 0.4) is 0 Å². The Morgan fingerprint density at radius 3 is 2.94 bits per heavy atom. The topological polar surface area (TPSA) is 37.5 Å². The number of aromatic nitrogens is 2. The maximum atomic E-state index is 9.71. The number of aromatic hydroxyl groups is 1. The number of fused-ring (bicyclic) bond motifs is 1. The molecule has 0 saturated carbocycles. The molecule has 90 valence electrons. The molecule has 18 heavy (non-hydrogen) atoms. The van der Waals surface area contributed by atoms with Gasteiger partial charge in [-0.3, -0.25) is 0 Å². The zero-order chi connectivity index (χ0) is 12.5. The maximum absolute atomic E-state index is 9.71. The minimum absolute atomic E-state index is 0.238. The van der Waals surface area contributed by atoms with Crippen LogP contribution in [0.25, 0.3) is 5.52 Å². The first-order chi connectivity index (χ1) is 8.74. The predicted molar refractivity (Wildman–Crippen MR) is 71.1 cm³/mol. The second-order valence-corrected chi connectivity index (χ2v) is 4.57. The summed E-state index contributed by atoms with van der Waals surface area (Å²) in [6, 6.07) is 11.2. The van der Waals surface area contributed by atoms with E-state index in [9.17, 15) is 5.11 Å². The monoisotopic (exact) mass is 258 g/mol. The zero-order valence-electron chi connectivity index (χ0n) is 9.55. The van der Waals surface area contributed by atoms with Gasteiger partial charge in [0.15, 0.2) is 0 Å². The van der Waals surface area contributed by atoms with Crippen molar-refractivity contribution < 1.29 is 5.11 Å². The van der Waals surface area contributed by atoms with Gasteiger partial charge in [0.25, 0.3) is 0 Å². The molecule has 3 aromatic rings. The predicted octanol–water partition coefficient (Wildman–Crippen LogP) is 3.28. The number of hydrogen-bond donors (Lipinski definition) is 1. The van der Waals surface area contributed by atoms with Crippen LogP contribution in [0.2, 0.25) is 5.02 Å². The highest BCUT2D eigenvalue weighted by Gasteiger charge is 2.07. The van der Waals surface area contributed by atoms with E-state index in [0.717, 1.165) is 21.9 Å². The van der Waals surface area contributed by atoms with Crippen molar-refractivity contribution >= 4 is 17.1 Å². The Kier molecular flexibility index (Phi) is 2.68. The van der Waals surface area contributed by atoms with Crippen LogP contribution in [0.4, 0.5) is 0 Å². The molecular weight excluding hydrogens is 248 g/mol. The lowest BCUT2D eigenvalue weighted by Crippen LogP contribution is -1.96. The van der Waals surface area contributed by atoms with Crippen molar-refractivity contribution in [1.29, 1.82) is 0 Å². The molecule has 0 atom stereocenters. The first-order valence-electron chi connectivity index (χ1n) is 5.62. The molecule has 0 saturated heterocycles. The van der Waals surface area contributed by atoms with Crippen molar-refractivity contribution in [3.8, 4) is 5.75 Å². The Morgan fingerprint density at radius 1 is 1.22 bits per heavy atom. The summed E-state index contributed by atoms with van der Waals surface area (Å²) in [7, 11) is 0. The van der Waals surface area contributed by atoms with Gasteiger partial charge in [-0.15, -0.1) is 0 Å². The van der Waals surface area contributed by atoms with E-state index in [1.807, 2.05) is 34.9 Å². The van der Waals surface area contributed by atoms with Crippen molar-refractivity contribution in [2.75, 3.05) is 0 Å². The maximum Gasteiger partial charge on any atom is 0.141 e. The van der Waals surface area contributed by atoms with Gasteiger partial charge >= 0.3 is 0 Å². The van der Waals surface area contributed by atoms with Gasteiger partial charge in [0, 0.05) is 17.6 Å². The lowest BCUT2D eigenvalue weighted by Gasteiger charge is -2.03. The Labute approximate surface area is 109 Å². The molecule has 2 heterocycles. The van der Waals surface area contributed by atoms with Gasteiger partial charge in [-0.2, -0.15) is 0 Å².